The van der Waals surface area contributed by atoms with Gasteiger partial charge in [0.1, 0.15) is 6.29 Å². The minimum atomic E-state index is -0.373. The van der Waals surface area contributed by atoms with Crippen LogP contribution in [0.15, 0.2) is 30.3 Å². The fourth-order valence-corrected chi connectivity index (χ4v) is 4.36. The molecule has 1 aliphatic carbocycles. The van der Waals surface area contributed by atoms with Gasteiger partial charge in [-0.25, -0.2) is 0 Å². The molecule has 0 amide bonds. The highest BCUT2D eigenvalue weighted by Gasteiger charge is 2.37. The first kappa shape index (κ1) is 14.8. The normalized spacial score (nSPS) is 26.8. The molecule has 2 heteroatoms. The standard InChI is InChI=1S/C19H27NO/c1-19(15-21,17-10-3-2-4-11-17)14-20-13-7-12-18(20)16-8-5-6-9-16/h2-4,10-11,15-16,18H,5-9,12-14H2,1H3. The number of aldehydes is 1. The van der Waals surface area contributed by atoms with Gasteiger partial charge >= 0.3 is 0 Å². The summed E-state index contributed by atoms with van der Waals surface area (Å²) < 4.78 is 0. The van der Waals surface area contributed by atoms with E-state index in [0.29, 0.717) is 0 Å². The van der Waals surface area contributed by atoms with Gasteiger partial charge in [-0.2, -0.15) is 0 Å². The summed E-state index contributed by atoms with van der Waals surface area (Å²) in [6.45, 7) is 4.14. The molecule has 21 heavy (non-hydrogen) atoms. The number of hydrogen-bond acceptors (Lipinski definition) is 2. The van der Waals surface area contributed by atoms with Gasteiger partial charge in [0.2, 0.25) is 0 Å². The molecule has 1 saturated heterocycles. The topological polar surface area (TPSA) is 20.3 Å². The third kappa shape index (κ3) is 3.06. The van der Waals surface area contributed by atoms with Crippen molar-refractivity contribution in [3.05, 3.63) is 35.9 Å². The molecule has 0 spiro atoms. The van der Waals surface area contributed by atoms with Gasteiger partial charge in [-0.05, 0) is 50.6 Å². The zero-order valence-corrected chi connectivity index (χ0v) is 13.1. The van der Waals surface area contributed by atoms with E-state index in [2.05, 4.69) is 24.0 Å². The molecule has 2 fully saturated rings. The van der Waals surface area contributed by atoms with Crippen molar-refractivity contribution >= 4 is 6.29 Å². The van der Waals surface area contributed by atoms with Crippen LogP contribution in [0.25, 0.3) is 0 Å². The van der Waals surface area contributed by atoms with E-state index >= 15 is 0 Å². The van der Waals surface area contributed by atoms with Crippen LogP contribution in [0.2, 0.25) is 0 Å². The molecule has 2 aliphatic rings. The number of hydrogen-bond donors (Lipinski definition) is 0. The number of likely N-dealkylation sites (tertiary alicyclic amines) is 1. The van der Waals surface area contributed by atoms with Gasteiger partial charge in [0.05, 0.1) is 5.41 Å². The lowest BCUT2D eigenvalue weighted by Gasteiger charge is -2.35. The van der Waals surface area contributed by atoms with Gasteiger partial charge < -0.3 is 4.79 Å². The van der Waals surface area contributed by atoms with Crippen molar-refractivity contribution in [3.63, 3.8) is 0 Å². The summed E-state index contributed by atoms with van der Waals surface area (Å²) in [6, 6.07) is 11.0. The van der Waals surface area contributed by atoms with Crippen LogP contribution in [0.5, 0.6) is 0 Å². The minimum Gasteiger partial charge on any atom is -0.302 e. The van der Waals surface area contributed by atoms with Crippen molar-refractivity contribution in [2.45, 2.75) is 56.9 Å². The van der Waals surface area contributed by atoms with Gasteiger partial charge in [-0.1, -0.05) is 43.2 Å². The van der Waals surface area contributed by atoms with Crippen molar-refractivity contribution in [2.75, 3.05) is 13.1 Å². The Hall–Kier alpha value is -1.15. The summed E-state index contributed by atoms with van der Waals surface area (Å²) in [4.78, 5) is 14.4. The predicted octanol–water partition coefficient (Wildman–Crippen LogP) is 3.80. The SMILES string of the molecule is CC(C=O)(CN1CCCC1C1CCCC1)c1ccccc1. The smallest absolute Gasteiger partial charge is 0.131 e. The zero-order chi connectivity index (χ0) is 14.7. The molecule has 1 aliphatic heterocycles. The van der Waals surface area contributed by atoms with Crippen molar-refractivity contribution in [1.82, 2.24) is 4.90 Å². The summed E-state index contributed by atoms with van der Waals surface area (Å²) in [5.41, 5.74) is 0.778. The van der Waals surface area contributed by atoms with Gasteiger partial charge in [-0.3, -0.25) is 4.90 Å². The quantitative estimate of drug-likeness (QED) is 0.767. The van der Waals surface area contributed by atoms with E-state index in [1.165, 1.54) is 38.5 Å². The maximum absolute atomic E-state index is 11.8. The highest BCUT2D eigenvalue weighted by molar-refractivity contribution is 5.68. The van der Waals surface area contributed by atoms with E-state index in [4.69, 9.17) is 0 Å². The minimum absolute atomic E-state index is 0.373. The summed E-state index contributed by atoms with van der Waals surface area (Å²) in [6.07, 6.45) is 9.37. The van der Waals surface area contributed by atoms with Crippen molar-refractivity contribution < 1.29 is 4.79 Å². The van der Waals surface area contributed by atoms with Crippen molar-refractivity contribution in [3.8, 4) is 0 Å². The Morgan fingerprint density at radius 1 is 1.14 bits per heavy atom. The fraction of sp³-hybridized carbons (Fsp3) is 0.632. The average molecular weight is 285 g/mol. The van der Waals surface area contributed by atoms with Gasteiger partial charge in [0, 0.05) is 12.6 Å². The number of nitrogens with zero attached hydrogens (tertiary/aromatic N) is 1. The molecule has 1 aromatic carbocycles. The third-order valence-electron chi connectivity index (χ3n) is 5.58. The molecular weight excluding hydrogens is 258 g/mol. The second-order valence-electron chi connectivity index (χ2n) is 7.13. The molecule has 0 N–H and O–H groups in total. The Morgan fingerprint density at radius 3 is 2.52 bits per heavy atom. The Labute approximate surface area is 128 Å². The second-order valence-corrected chi connectivity index (χ2v) is 7.13. The van der Waals surface area contributed by atoms with Gasteiger partial charge in [-0.15, -0.1) is 0 Å². The van der Waals surface area contributed by atoms with Gasteiger partial charge in [0.15, 0.2) is 0 Å². The molecule has 0 aromatic heterocycles. The van der Waals surface area contributed by atoms with E-state index in [1.807, 2.05) is 18.2 Å². The number of carbonyl (C=O) groups excluding carboxylic acids is 1. The van der Waals surface area contributed by atoms with E-state index in [9.17, 15) is 4.79 Å². The molecule has 1 aromatic rings. The Kier molecular flexibility index (Phi) is 4.44. The molecule has 1 heterocycles. The predicted molar refractivity (Wildman–Crippen MR) is 86.4 cm³/mol. The largest absolute Gasteiger partial charge is 0.302 e. The molecule has 3 rings (SSSR count). The highest BCUT2D eigenvalue weighted by Crippen LogP contribution is 2.37. The van der Waals surface area contributed by atoms with Gasteiger partial charge in [0.25, 0.3) is 0 Å². The maximum atomic E-state index is 11.8. The molecule has 114 valence electrons. The first-order valence-corrected chi connectivity index (χ1v) is 8.49. The van der Waals surface area contributed by atoms with Crippen LogP contribution < -0.4 is 0 Å². The van der Waals surface area contributed by atoms with Crippen LogP contribution in [0.4, 0.5) is 0 Å². The molecule has 0 bridgehead atoms. The first-order chi connectivity index (χ1) is 10.2. The molecule has 2 atom stereocenters. The van der Waals surface area contributed by atoms with E-state index in [1.54, 1.807) is 0 Å². The Morgan fingerprint density at radius 2 is 1.86 bits per heavy atom. The summed E-state index contributed by atoms with van der Waals surface area (Å²) in [5, 5.41) is 0. The first-order valence-electron chi connectivity index (χ1n) is 8.49. The second kappa shape index (κ2) is 6.31. The zero-order valence-electron chi connectivity index (χ0n) is 13.1. The number of benzene rings is 1. The van der Waals surface area contributed by atoms with Crippen LogP contribution in [0, 0.1) is 5.92 Å². The lowest BCUT2D eigenvalue weighted by molar-refractivity contribution is -0.113. The fourth-order valence-electron chi connectivity index (χ4n) is 4.36. The van der Waals surface area contributed by atoms with Crippen LogP contribution in [-0.4, -0.2) is 30.3 Å². The van der Waals surface area contributed by atoms with E-state index < -0.39 is 0 Å². The van der Waals surface area contributed by atoms with Crippen LogP contribution >= 0.6 is 0 Å². The molecule has 2 unspecified atom stereocenters. The van der Waals surface area contributed by atoms with Crippen molar-refractivity contribution in [2.24, 2.45) is 5.92 Å². The van der Waals surface area contributed by atoms with E-state index in [0.717, 1.165) is 36.9 Å². The van der Waals surface area contributed by atoms with Crippen LogP contribution in [0.3, 0.4) is 0 Å². The lowest BCUT2D eigenvalue weighted by atomic mass is 9.82. The molecule has 0 radical (unpaired) electrons. The third-order valence-corrected chi connectivity index (χ3v) is 5.58. The average Bonchev–Trinajstić information content (AvgIpc) is 3.18. The van der Waals surface area contributed by atoms with Crippen molar-refractivity contribution in [1.29, 1.82) is 0 Å². The van der Waals surface area contributed by atoms with Crippen LogP contribution in [0.1, 0.15) is 51.0 Å². The summed E-state index contributed by atoms with van der Waals surface area (Å²) in [5.74, 6) is 0.874. The lowest BCUT2D eigenvalue weighted by Crippen LogP contribution is -2.44. The molecule has 2 nitrogen and oxygen atoms in total. The van der Waals surface area contributed by atoms with E-state index in [-0.39, 0.29) is 5.41 Å². The number of carbonyl (C=O) groups is 1. The Balaban J connectivity index is 1.75. The number of rotatable bonds is 5. The Bertz CT molecular complexity index is 466. The summed E-state index contributed by atoms with van der Waals surface area (Å²) in [7, 11) is 0. The highest BCUT2D eigenvalue weighted by atomic mass is 16.1. The van der Waals surface area contributed by atoms with Crippen LogP contribution in [-0.2, 0) is 10.2 Å². The molecular formula is C19H27NO. The monoisotopic (exact) mass is 285 g/mol. The maximum Gasteiger partial charge on any atom is 0.131 e. The molecule has 1 saturated carbocycles. The summed E-state index contributed by atoms with van der Waals surface area (Å²) >= 11 is 0.